The van der Waals surface area contributed by atoms with Crippen LogP contribution in [0.15, 0.2) is 48.5 Å². The maximum Gasteiger partial charge on any atom is 0.348 e. The second-order valence-electron chi connectivity index (χ2n) is 4.87. The highest BCUT2D eigenvalue weighted by Gasteiger charge is 2.19. The average molecular weight is 313 g/mol. The van der Waals surface area contributed by atoms with E-state index < -0.39 is 5.97 Å². The lowest BCUT2D eigenvalue weighted by Gasteiger charge is -1.99. The fourth-order valence-corrected chi connectivity index (χ4v) is 3.02. The van der Waals surface area contributed by atoms with Gasteiger partial charge in [-0.3, -0.25) is 0 Å². The molecule has 0 aliphatic heterocycles. The van der Waals surface area contributed by atoms with Gasteiger partial charge in [0.25, 0.3) is 0 Å². The summed E-state index contributed by atoms with van der Waals surface area (Å²) in [6, 6.07) is 13.4. The lowest BCUT2D eigenvalue weighted by atomic mass is 10.1. The van der Waals surface area contributed by atoms with Gasteiger partial charge in [0.2, 0.25) is 0 Å². The Hall–Kier alpha value is -2.53. The Labute approximate surface area is 130 Å². The molecule has 1 aromatic heterocycles. The molecule has 0 saturated heterocycles. The molecule has 0 radical (unpaired) electrons. The highest BCUT2D eigenvalue weighted by atomic mass is 32.1. The summed E-state index contributed by atoms with van der Waals surface area (Å²) in [4.78, 5) is 16.1. The summed E-state index contributed by atoms with van der Waals surface area (Å²) in [5, 5.41) is 9.96. The van der Waals surface area contributed by atoms with E-state index in [1.165, 1.54) is 12.1 Å². The van der Waals surface area contributed by atoms with E-state index >= 15 is 0 Å². The number of aryl methyl sites for hydroxylation is 1. The van der Waals surface area contributed by atoms with E-state index in [0.29, 0.717) is 16.3 Å². The van der Waals surface area contributed by atoms with Crippen LogP contribution in [0.2, 0.25) is 0 Å². The molecular weight excluding hydrogens is 301 g/mol. The zero-order chi connectivity index (χ0) is 15.7. The number of nitrogens with zero attached hydrogens (tertiary/aromatic N) is 1. The Balaban J connectivity index is 2.11. The standard InChI is InChI=1S/C17H12FNO2S/c1-10-2-4-11(5-3-10)14-15(17(20)21)22-16(19-14)12-6-8-13(18)9-7-12/h2-9H,1H3,(H,20,21). The van der Waals surface area contributed by atoms with Gasteiger partial charge < -0.3 is 5.11 Å². The number of benzene rings is 2. The van der Waals surface area contributed by atoms with Crippen molar-refractivity contribution in [1.82, 2.24) is 4.98 Å². The van der Waals surface area contributed by atoms with E-state index in [1.54, 1.807) is 12.1 Å². The smallest absolute Gasteiger partial charge is 0.348 e. The van der Waals surface area contributed by atoms with Crippen LogP contribution in [0.5, 0.6) is 0 Å². The van der Waals surface area contributed by atoms with E-state index in [1.807, 2.05) is 31.2 Å². The average Bonchev–Trinajstić information content (AvgIpc) is 2.94. The van der Waals surface area contributed by atoms with E-state index in [-0.39, 0.29) is 10.7 Å². The van der Waals surface area contributed by atoms with Crippen LogP contribution in [0, 0.1) is 12.7 Å². The van der Waals surface area contributed by atoms with E-state index in [0.717, 1.165) is 22.5 Å². The molecule has 0 aliphatic rings. The van der Waals surface area contributed by atoms with Crippen LogP contribution in [-0.4, -0.2) is 16.1 Å². The highest BCUT2D eigenvalue weighted by molar-refractivity contribution is 7.17. The van der Waals surface area contributed by atoms with Crippen molar-refractivity contribution in [3.05, 3.63) is 64.8 Å². The van der Waals surface area contributed by atoms with Crippen LogP contribution in [0.4, 0.5) is 4.39 Å². The Morgan fingerprint density at radius 2 is 1.64 bits per heavy atom. The van der Waals surface area contributed by atoms with Gasteiger partial charge in [0, 0.05) is 11.1 Å². The summed E-state index contributed by atoms with van der Waals surface area (Å²) in [5.41, 5.74) is 2.99. The number of hydrogen-bond donors (Lipinski definition) is 1. The van der Waals surface area contributed by atoms with Crippen molar-refractivity contribution >= 4 is 17.3 Å². The maximum absolute atomic E-state index is 13.0. The third kappa shape index (κ3) is 2.76. The SMILES string of the molecule is Cc1ccc(-c2nc(-c3ccc(F)cc3)sc2C(=O)O)cc1. The monoisotopic (exact) mass is 313 g/mol. The number of aromatic carboxylic acids is 1. The number of aromatic nitrogens is 1. The van der Waals surface area contributed by atoms with Crippen molar-refractivity contribution in [2.24, 2.45) is 0 Å². The summed E-state index contributed by atoms with van der Waals surface area (Å²) in [7, 11) is 0. The molecule has 5 heteroatoms. The highest BCUT2D eigenvalue weighted by Crippen LogP contribution is 2.34. The first-order valence-electron chi connectivity index (χ1n) is 6.61. The second-order valence-corrected chi connectivity index (χ2v) is 5.87. The predicted octanol–water partition coefficient (Wildman–Crippen LogP) is 4.62. The lowest BCUT2D eigenvalue weighted by molar-refractivity contribution is 0.0702. The summed E-state index contributed by atoms with van der Waals surface area (Å²) in [5.74, 6) is -1.35. The van der Waals surface area contributed by atoms with Crippen LogP contribution < -0.4 is 0 Å². The number of halogens is 1. The van der Waals surface area contributed by atoms with Crippen molar-refractivity contribution < 1.29 is 14.3 Å². The number of carbonyl (C=O) groups is 1. The van der Waals surface area contributed by atoms with Crippen molar-refractivity contribution in [1.29, 1.82) is 0 Å². The predicted molar refractivity (Wildman–Crippen MR) is 84.6 cm³/mol. The molecule has 1 N–H and O–H groups in total. The lowest BCUT2D eigenvalue weighted by Crippen LogP contribution is -1.95. The largest absolute Gasteiger partial charge is 0.477 e. The Morgan fingerprint density at radius 1 is 1.05 bits per heavy atom. The van der Waals surface area contributed by atoms with Crippen LogP contribution in [0.25, 0.3) is 21.8 Å². The van der Waals surface area contributed by atoms with Gasteiger partial charge >= 0.3 is 5.97 Å². The summed E-state index contributed by atoms with van der Waals surface area (Å²) >= 11 is 1.09. The van der Waals surface area contributed by atoms with Gasteiger partial charge in [0.05, 0.1) is 5.69 Å². The minimum absolute atomic E-state index is 0.183. The zero-order valence-corrected chi connectivity index (χ0v) is 12.5. The molecule has 0 atom stereocenters. The summed E-state index contributed by atoms with van der Waals surface area (Å²) in [6.45, 7) is 1.97. The molecule has 0 bridgehead atoms. The molecule has 110 valence electrons. The molecule has 2 aromatic carbocycles. The third-order valence-electron chi connectivity index (χ3n) is 3.24. The molecule has 0 spiro atoms. The fraction of sp³-hybridized carbons (Fsp3) is 0.0588. The quantitative estimate of drug-likeness (QED) is 0.767. The van der Waals surface area contributed by atoms with Crippen molar-refractivity contribution in [3.63, 3.8) is 0 Å². The van der Waals surface area contributed by atoms with Gasteiger partial charge in [0.1, 0.15) is 15.7 Å². The summed E-state index contributed by atoms with van der Waals surface area (Å²) in [6.07, 6.45) is 0. The first-order valence-corrected chi connectivity index (χ1v) is 7.43. The molecular formula is C17H12FNO2S. The van der Waals surface area contributed by atoms with Gasteiger partial charge in [-0.25, -0.2) is 14.2 Å². The Bertz CT molecular complexity index is 823. The molecule has 22 heavy (non-hydrogen) atoms. The van der Waals surface area contributed by atoms with Crippen molar-refractivity contribution in [3.8, 4) is 21.8 Å². The Morgan fingerprint density at radius 3 is 2.23 bits per heavy atom. The van der Waals surface area contributed by atoms with Crippen molar-refractivity contribution in [2.75, 3.05) is 0 Å². The van der Waals surface area contributed by atoms with Gasteiger partial charge in [0.15, 0.2) is 0 Å². The molecule has 1 heterocycles. The molecule has 3 aromatic rings. The number of carboxylic acid groups (broad SMARTS) is 1. The van der Waals surface area contributed by atoms with Gasteiger partial charge in [-0.15, -0.1) is 11.3 Å². The van der Waals surface area contributed by atoms with Crippen LogP contribution >= 0.6 is 11.3 Å². The molecule has 0 fully saturated rings. The molecule has 0 amide bonds. The van der Waals surface area contributed by atoms with Gasteiger partial charge in [-0.2, -0.15) is 0 Å². The van der Waals surface area contributed by atoms with Crippen LogP contribution in [0.3, 0.4) is 0 Å². The number of hydrogen-bond acceptors (Lipinski definition) is 3. The molecule has 3 rings (SSSR count). The molecule has 0 aliphatic carbocycles. The topological polar surface area (TPSA) is 50.2 Å². The zero-order valence-electron chi connectivity index (χ0n) is 11.7. The van der Waals surface area contributed by atoms with Gasteiger partial charge in [-0.05, 0) is 31.2 Å². The molecule has 0 saturated carbocycles. The number of thiazole rings is 1. The van der Waals surface area contributed by atoms with Gasteiger partial charge in [-0.1, -0.05) is 29.8 Å². The fourth-order valence-electron chi connectivity index (χ4n) is 2.09. The first kappa shape index (κ1) is 14.4. The van der Waals surface area contributed by atoms with Crippen molar-refractivity contribution in [2.45, 2.75) is 6.92 Å². The maximum atomic E-state index is 13.0. The second kappa shape index (κ2) is 5.69. The van der Waals surface area contributed by atoms with Crippen LogP contribution in [0.1, 0.15) is 15.2 Å². The molecule has 3 nitrogen and oxygen atoms in total. The first-order chi connectivity index (χ1) is 10.5. The van der Waals surface area contributed by atoms with E-state index in [2.05, 4.69) is 4.98 Å². The van der Waals surface area contributed by atoms with Crippen LogP contribution in [-0.2, 0) is 0 Å². The Kier molecular flexibility index (Phi) is 3.73. The third-order valence-corrected chi connectivity index (χ3v) is 4.33. The minimum Gasteiger partial charge on any atom is -0.477 e. The number of carboxylic acids is 1. The minimum atomic E-state index is -1.01. The normalized spacial score (nSPS) is 10.6. The van der Waals surface area contributed by atoms with E-state index in [9.17, 15) is 14.3 Å². The van der Waals surface area contributed by atoms with E-state index in [4.69, 9.17) is 0 Å². The molecule has 0 unspecified atom stereocenters. The summed E-state index contributed by atoms with van der Waals surface area (Å²) < 4.78 is 13.0. The number of rotatable bonds is 3.